The fraction of sp³-hybridized carbons (Fsp3) is 0.389. The number of aromatic carboxylic acids is 1. The number of nitrogens with one attached hydrogen (secondary N) is 1. The predicted molar refractivity (Wildman–Crippen MR) is 94.9 cm³/mol. The molecule has 8 heteroatoms. The van der Waals surface area contributed by atoms with Crippen molar-refractivity contribution in [3.05, 3.63) is 36.2 Å². The third-order valence-electron chi connectivity index (χ3n) is 5.19. The van der Waals surface area contributed by atoms with Crippen molar-refractivity contribution >= 4 is 23.1 Å². The molecule has 0 radical (unpaired) electrons. The lowest BCUT2D eigenvalue weighted by molar-refractivity contribution is 0.0697. The Morgan fingerprint density at radius 1 is 1.27 bits per heavy atom. The first-order chi connectivity index (χ1) is 12.7. The van der Waals surface area contributed by atoms with Crippen LogP contribution in [0.4, 0.5) is 6.01 Å². The molecule has 2 saturated heterocycles. The summed E-state index contributed by atoms with van der Waals surface area (Å²) < 4.78 is 7.70. The summed E-state index contributed by atoms with van der Waals surface area (Å²) in [7, 11) is 0. The molecule has 0 spiro atoms. The van der Waals surface area contributed by atoms with Gasteiger partial charge in [-0.05, 0) is 31.0 Å². The average molecular weight is 353 g/mol. The van der Waals surface area contributed by atoms with Gasteiger partial charge in [0.1, 0.15) is 11.2 Å². The maximum atomic E-state index is 11.5. The van der Waals surface area contributed by atoms with Gasteiger partial charge in [-0.25, -0.2) is 9.48 Å². The van der Waals surface area contributed by atoms with Crippen molar-refractivity contribution in [1.82, 2.24) is 20.1 Å². The fourth-order valence-electron chi connectivity index (χ4n) is 4.00. The van der Waals surface area contributed by atoms with Gasteiger partial charge >= 0.3 is 5.97 Å². The molecule has 0 amide bonds. The number of carboxylic acids is 1. The number of nitrogens with zero attached hydrogens (tertiary/aromatic N) is 4. The molecule has 2 atom stereocenters. The average Bonchev–Trinajstić information content (AvgIpc) is 3.30. The largest absolute Gasteiger partial charge is 0.478 e. The first-order valence-electron chi connectivity index (χ1n) is 8.86. The normalized spacial score (nSPS) is 22.7. The zero-order valence-corrected chi connectivity index (χ0v) is 14.1. The van der Waals surface area contributed by atoms with Crippen LogP contribution < -0.4 is 10.2 Å². The lowest BCUT2D eigenvalue weighted by atomic mass is 9.94. The van der Waals surface area contributed by atoms with Crippen LogP contribution in [0.1, 0.15) is 29.6 Å². The van der Waals surface area contributed by atoms with Crippen LogP contribution in [0, 0.1) is 0 Å². The Morgan fingerprint density at radius 3 is 2.77 bits per heavy atom. The highest BCUT2D eigenvalue weighted by Crippen LogP contribution is 2.31. The van der Waals surface area contributed by atoms with Crippen molar-refractivity contribution in [2.75, 3.05) is 18.0 Å². The molecule has 2 aliphatic heterocycles. The van der Waals surface area contributed by atoms with Crippen LogP contribution in [0.2, 0.25) is 0 Å². The third kappa shape index (κ3) is 2.53. The summed E-state index contributed by atoms with van der Waals surface area (Å²) in [6.45, 7) is 1.71. The zero-order valence-electron chi connectivity index (χ0n) is 14.1. The molecular formula is C18H19N5O3. The SMILES string of the molecule is O=C(O)c1cc(-n2cccn2)c2oc(N3CC4CCCC(C3)N4)nc2c1. The van der Waals surface area contributed by atoms with Crippen LogP contribution in [-0.2, 0) is 0 Å². The Hall–Kier alpha value is -2.87. The number of hydrogen-bond acceptors (Lipinski definition) is 6. The van der Waals surface area contributed by atoms with Crippen molar-refractivity contribution in [3.63, 3.8) is 0 Å². The fourth-order valence-corrected chi connectivity index (χ4v) is 4.00. The minimum atomic E-state index is -0.999. The van der Waals surface area contributed by atoms with Crippen LogP contribution in [-0.4, -0.2) is 51.0 Å². The minimum Gasteiger partial charge on any atom is -0.478 e. The van der Waals surface area contributed by atoms with Gasteiger partial charge in [-0.1, -0.05) is 6.42 Å². The van der Waals surface area contributed by atoms with Gasteiger partial charge in [0, 0.05) is 37.6 Å². The summed E-state index contributed by atoms with van der Waals surface area (Å²) in [4.78, 5) is 18.3. The topological polar surface area (TPSA) is 96.4 Å². The Morgan fingerprint density at radius 2 is 2.08 bits per heavy atom. The molecule has 2 unspecified atom stereocenters. The summed E-state index contributed by atoms with van der Waals surface area (Å²) >= 11 is 0. The van der Waals surface area contributed by atoms with Crippen LogP contribution >= 0.6 is 0 Å². The molecule has 5 rings (SSSR count). The molecule has 0 aliphatic carbocycles. The number of rotatable bonds is 3. The number of carbonyl (C=O) groups is 1. The Kier molecular flexibility index (Phi) is 3.46. The van der Waals surface area contributed by atoms with E-state index in [2.05, 4.69) is 20.3 Å². The van der Waals surface area contributed by atoms with Gasteiger partial charge in [0.05, 0.1) is 5.56 Å². The van der Waals surface area contributed by atoms with E-state index in [1.807, 2.05) is 0 Å². The third-order valence-corrected chi connectivity index (χ3v) is 5.19. The molecule has 2 fully saturated rings. The van der Waals surface area contributed by atoms with Crippen LogP contribution in [0.15, 0.2) is 35.0 Å². The van der Waals surface area contributed by atoms with Crippen LogP contribution in [0.25, 0.3) is 16.8 Å². The van der Waals surface area contributed by atoms with E-state index in [-0.39, 0.29) is 5.56 Å². The van der Waals surface area contributed by atoms with Gasteiger partial charge in [-0.15, -0.1) is 0 Å². The van der Waals surface area contributed by atoms with Crippen molar-refractivity contribution < 1.29 is 14.3 Å². The Balaban J connectivity index is 1.60. The Bertz CT molecular complexity index is 953. The van der Waals surface area contributed by atoms with Gasteiger partial charge in [0.25, 0.3) is 6.01 Å². The first kappa shape index (κ1) is 15.4. The standard InChI is InChI=1S/C18H19N5O3/c24-17(25)11-7-14-16(15(8-11)23-6-2-5-19-23)26-18(21-14)22-9-12-3-1-4-13(10-22)20-12/h2,5-8,12-13,20H,1,3-4,9-10H2,(H,24,25). The van der Waals surface area contributed by atoms with E-state index >= 15 is 0 Å². The van der Waals surface area contributed by atoms with Crippen molar-refractivity contribution in [1.29, 1.82) is 0 Å². The maximum Gasteiger partial charge on any atom is 0.335 e. The molecule has 2 aromatic heterocycles. The lowest BCUT2D eigenvalue weighted by Crippen LogP contribution is -2.58. The zero-order chi connectivity index (χ0) is 17.7. The van der Waals surface area contributed by atoms with Gasteiger partial charge < -0.3 is 19.7 Å². The van der Waals surface area contributed by atoms with Gasteiger partial charge in [0.2, 0.25) is 0 Å². The van der Waals surface area contributed by atoms with Crippen LogP contribution in [0.5, 0.6) is 0 Å². The van der Waals surface area contributed by atoms with Crippen molar-refractivity contribution in [2.24, 2.45) is 0 Å². The molecule has 1 aromatic carbocycles. The van der Waals surface area contributed by atoms with E-state index in [1.54, 1.807) is 35.3 Å². The molecule has 2 aliphatic rings. The van der Waals surface area contributed by atoms with Crippen molar-refractivity contribution in [3.8, 4) is 5.69 Å². The van der Waals surface area contributed by atoms with Gasteiger partial charge in [-0.2, -0.15) is 10.1 Å². The molecular weight excluding hydrogens is 334 g/mol. The highest BCUT2D eigenvalue weighted by atomic mass is 16.4. The van der Waals surface area contributed by atoms with E-state index in [0.717, 1.165) is 25.9 Å². The second kappa shape index (κ2) is 5.84. The summed E-state index contributed by atoms with van der Waals surface area (Å²) in [6, 6.07) is 6.37. The second-order valence-electron chi connectivity index (χ2n) is 6.99. The van der Waals surface area contributed by atoms with E-state index in [1.165, 1.54) is 6.42 Å². The predicted octanol–water partition coefficient (Wildman–Crippen LogP) is 2.04. The molecule has 134 valence electrons. The maximum absolute atomic E-state index is 11.5. The minimum absolute atomic E-state index is 0.167. The summed E-state index contributed by atoms with van der Waals surface area (Å²) in [5.41, 5.74) is 1.84. The van der Waals surface area contributed by atoms with Gasteiger partial charge in [0.15, 0.2) is 5.58 Å². The van der Waals surface area contributed by atoms with Crippen LogP contribution in [0.3, 0.4) is 0 Å². The molecule has 26 heavy (non-hydrogen) atoms. The highest BCUT2D eigenvalue weighted by Gasteiger charge is 2.32. The highest BCUT2D eigenvalue weighted by molar-refractivity contribution is 5.95. The monoisotopic (exact) mass is 353 g/mol. The number of benzene rings is 1. The Labute approximate surface area is 149 Å². The van der Waals surface area contributed by atoms with E-state index < -0.39 is 5.97 Å². The number of fused-ring (bicyclic) bond motifs is 3. The van der Waals surface area contributed by atoms with Crippen molar-refractivity contribution in [2.45, 2.75) is 31.3 Å². The number of piperazine rings is 1. The first-order valence-corrected chi connectivity index (χ1v) is 8.86. The van der Waals surface area contributed by atoms with E-state index in [9.17, 15) is 9.90 Å². The second-order valence-corrected chi connectivity index (χ2v) is 6.99. The van der Waals surface area contributed by atoms with E-state index in [4.69, 9.17) is 4.42 Å². The molecule has 3 aromatic rings. The number of hydrogen-bond donors (Lipinski definition) is 2. The summed E-state index contributed by atoms with van der Waals surface area (Å²) in [5.74, 6) is -0.999. The number of piperidine rings is 1. The molecule has 2 N–H and O–H groups in total. The quantitative estimate of drug-likeness (QED) is 0.744. The summed E-state index contributed by atoms with van der Waals surface area (Å²) in [5, 5.41) is 17.3. The van der Waals surface area contributed by atoms with E-state index in [0.29, 0.717) is 34.9 Å². The molecule has 8 nitrogen and oxygen atoms in total. The summed E-state index contributed by atoms with van der Waals surface area (Å²) in [6.07, 6.45) is 6.99. The number of oxazole rings is 1. The molecule has 4 heterocycles. The lowest BCUT2D eigenvalue weighted by Gasteiger charge is -2.41. The van der Waals surface area contributed by atoms with Gasteiger partial charge in [-0.3, -0.25) is 0 Å². The number of aromatic nitrogens is 3. The number of anilines is 1. The molecule has 2 bridgehead atoms. The molecule has 0 saturated carbocycles. The smallest absolute Gasteiger partial charge is 0.335 e. The number of carboxylic acid groups (broad SMARTS) is 1.